The smallest absolute Gasteiger partial charge is 0.256 e. The van der Waals surface area contributed by atoms with E-state index in [0.29, 0.717) is 4.88 Å². The molecule has 4 nitrogen and oxygen atoms in total. The van der Waals surface area contributed by atoms with E-state index >= 15 is 0 Å². The van der Waals surface area contributed by atoms with Gasteiger partial charge in [0.25, 0.3) is 5.91 Å². The van der Waals surface area contributed by atoms with Crippen LogP contribution in [0.4, 0.5) is 0 Å². The van der Waals surface area contributed by atoms with Gasteiger partial charge >= 0.3 is 0 Å². The number of hydrogen-bond acceptors (Lipinski definition) is 4. The van der Waals surface area contributed by atoms with Crippen molar-refractivity contribution in [1.29, 1.82) is 0 Å². The van der Waals surface area contributed by atoms with Crippen molar-refractivity contribution in [3.05, 3.63) is 22.4 Å². The summed E-state index contributed by atoms with van der Waals surface area (Å²) < 4.78 is 0. The van der Waals surface area contributed by atoms with Crippen molar-refractivity contribution in [1.82, 2.24) is 5.43 Å². The van der Waals surface area contributed by atoms with Crippen molar-refractivity contribution in [2.24, 2.45) is 11.0 Å². The third kappa shape index (κ3) is 1.38. The molecule has 2 heterocycles. The number of amides is 1. The summed E-state index contributed by atoms with van der Waals surface area (Å²) in [5, 5.41) is 5.34. The molecule has 1 aromatic heterocycles. The van der Waals surface area contributed by atoms with Gasteiger partial charge in [0.2, 0.25) is 0 Å². The van der Waals surface area contributed by atoms with Gasteiger partial charge in [-0.2, -0.15) is 5.10 Å². The van der Waals surface area contributed by atoms with Crippen LogP contribution in [-0.4, -0.2) is 17.9 Å². The molecule has 1 unspecified atom stereocenters. The first-order chi connectivity index (χ1) is 6.29. The molecular weight excluding hydrogens is 188 g/mol. The maximum Gasteiger partial charge on any atom is 0.256 e. The number of hydrogen-bond donors (Lipinski definition) is 1. The molecule has 66 valence electrons. The molecule has 0 aromatic carbocycles. The van der Waals surface area contributed by atoms with Gasteiger partial charge in [-0.25, -0.2) is 5.43 Å². The van der Waals surface area contributed by atoms with Crippen LogP contribution >= 0.6 is 11.3 Å². The molecule has 5 heteroatoms. The second-order valence-corrected chi connectivity index (χ2v) is 3.52. The molecule has 0 spiro atoms. The molecule has 1 amide bonds. The zero-order valence-corrected chi connectivity index (χ0v) is 7.38. The Morgan fingerprint density at radius 2 is 2.46 bits per heavy atom. The van der Waals surface area contributed by atoms with Crippen LogP contribution in [0.1, 0.15) is 9.67 Å². The largest absolute Gasteiger partial charge is 0.292 e. The first kappa shape index (κ1) is 8.12. The minimum atomic E-state index is -0.737. The van der Waals surface area contributed by atoms with Crippen LogP contribution in [0.15, 0.2) is 22.6 Å². The number of Topliss-reactive ketones (excluding diaryl/α,β-unsaturated/α-hetero) is 1. The summed E-state index contributed by atoms with van der Waals surface area (Å²) in [6.07, 6.45) is 1.34. The van der Waals surface area contributed by atoms with Crippen molar-refractivity contribution in [3.8, 4) is 0 Å². The fraction of sp³-hybridized carbons (Fsp3) is 0.125. The lowest BCUT2D eigenvalue weighted by atomic mass is 10.1. The van der Waals surface area contributed by atoms with Crippen molar-refractivity contribution in [2.45, 2.75) is 0 Å². The van der Waals surface area contributed by atoms with Crippen molar-refractivity contribution >= 4 is 29.2 Å². The van der Waals surface area contributed by atoms with E-state index in [1.54, 1.807) is 17.5 Å². The second-order valence-electron chi connectivity index (χ2n) is 2.57. The van der Waals surface area contributed by atoms with Crippen LogP contribution in [-0.2, 0) is 4.79 Å². The fourth-order valence-electron chi connectivity index (χ4n) is 1.07. The van der Waals surface area contributed by atoms with E-state index in [1.165, 1.54) is 17.6 Å². The lowest BCUT2D eigenvalue weighted by molar-refractivity contribution is -0.120. The highest BCUT2D eigenvalue weighted by Gasteiger charge is 2.29. The van der Waals surface area contributed by atoms with Gasteiger partial charge in [0, 0.05) is 6.21 Å². The van der Waals surface area contributed by atoms with Crippen molar-refractivity contribution < 1.29 is 9.59 Å². The van der Waals surface area contributed by atoms with E-state index in [4.69, 9.17) is 0 Å². The average molecular weight is 194 g/mol. The number of nitrogens with zero attached hydrogens (tertiary/aromatic N) is 1. The van der Waals surface area contributed by atoms with E-state index in [2.05, 4.69) is 10.5 Å². The highest BCUT2D eigenvalue weighted by molar-refractivity contribution is 7.12. The highest BCUT2D eigenvalue weighted by atomic mass is 32.1. The predicted octanol–water partition coefficient (Wildman–Crippen LogP) is 0.663. The van der Waals surface area contributed by atoms with Crippen LogP contribution in [0.5, 0.6) is 0 Å². The second kappa shape index (κ2) is 3.10. The predicted molar refractivity (Wildman–Crippen MR) is 48.8 cm³/mol. The van der Waals surface area contributed by atoms with Crippen molar-refractivity contribution in [2.75, 3.05) is 0 Å². The van der Waals surface area contributed by atoms with Crippen molar-refractivity contribution in [3.63, 3.8) is 0 Å². The summed E-state index contributed by atoms with van der Waals surface area (Å²) >= 11 is 1.33. The summed E-state index contributed by atoms with van der Waals surface area (Å²) in [6.45, 7) is 0. The lowest BCUT2D eigenvalue weighted by Crippen LogP contribution is -2.26. The molecular formula is C8H6N2O2S. The standard InChI is InChI=1S/C8H6N2O2S/c11-7(6-2-1-3-13-6)5-4-9-10-8(5)12/h1-5H,(H,10,12). The Kier molecular flexibility index (Phi) is 1.94. The highest BCUT2D eigenvalue weighted by Crippen LogP contribution is 2.15. The number of nitrogens with one attached hydrogen (secondary N) is 1. The average Bonchev–Trinajstić information content (AvgIpc) is 2.72. The molecule has 1 aliphatic rings. The molecule has 1 aliphatic heterocycles. The van der Waals surface area contributed by atoms with Gasteiger partial charge < -0.3 is 0 Å². The number of hydrazone groups is 1. The molecule has 0 radical (unpaired) electrons. The molecule has 2 rings (SSSR count). The molecule has 1 aromatic rings. The van der Waals surface area contributed by atoms with E-state index in [0.717, 1.165) is 0 Å². The summed E-state index contributed by atoms with van der Waals surface area (Å²) in [7, 11) is 0. The van der Waals surface area contributed by atoms with Gasteiger partial charge in [-0.15, -0.1) is 11.3 Å². The monoisotopic (exact) mass is 194 g/mol. The summed E-state index contributed by atoms with van der Waals surface area (Å²) in [4.78, 5) is 23.2. The number of thiophene rings is 1. The number of carbonyl (C=O) groups is 2. The Morgan fingerprint density at radius 3 is 3.00 bits per heavy atom. The van der Waals surface area contributed by atoms with Gasteiger partial charge in [-0.1, -0.05) is 6.07 Å². The molecule has 0 saturated heterocycles. The Morgan fingerprint density at radius 1 is 1.62 bits per heavy atom. The quantitative estimate of drug-likeness (QED) is 0.555. The van der Waals surface area contributed by atoms with E-state index in [9.17, 15) is 9.59 Å². The molecule has 0 bridgehead atoms. The van der Waals surface area contributed by atoms with E-state index in [1.807, 2.05) is 0 Å². The van der Waals surface area contributed by atoms with E-state index < -0.39 is 5.92 Å². The number of ketones is 1. The molecule has 0 saturated carbocycles. The van der Waals surface area contributed by atoms with Crippen LogP contribution in [0.2, 0.25) is 0 Å². The van der Waals surface area contributed by atoms with Crippen LogP contribution in [0.25, 0.3) is 0 Å². The first-order valence-electron chi connectivity index (χ1n) is 3.70. The van der Waals surface area contributed by atoms with Crippen LogP contribution < -0.4 is 5.43 Å². The number of carbonyl (C=O) groups excluding carboxylic acids is 2. The van der Waals surface area contributed by atoms with E-state index in [-0.39, 0.29) is 11.7 Å². The normalized spacial score (nSPS) is 20.3. The third-order valence-corrected chi connectivity index (χ3v) is 2.61. The van der Waals surface area contributed by atoms with Gasteiger partial charge in [-0.3, -0.25) is 9.59 Å². The maximum atomic E-state index is 11.6. The maximum absolute atomic E-state index is 11.6. The van der Waals surface area contributed by atoms with Gasteiger partial charge in [0.15, 0.2) is 5.78 Å². The van der Waals surface area contributed by atoms with Crippen LogP contribution in [0, 0.1) is 5.92 Å². The molecule has 1 N–H and O–H groups in total. The number of rotatable bonds is 2. The van der Waals surface area contributed by atoms with Gasteiger partial charge in [0.05, 0.1) is 4.88 Å². The minimum absolute atomic E-state index is 0.186. The summed E-state index contributed by atoms with van der Waals surface area (Å²) in [5.74, 6) is -1.27. The molecule has 1 atom stereocenters. The Balaban J connectivity index is 2.23. The topological polar surface area (TPSA) is 58.5 Å². The zero-order valence-electron chi connectivity index (χ0n) is 6.56. The lowest BCUT2D eigenvalue weighted by Gasteiger charge is -1.99. The first-order valence-corrected chi connectivity index (χ1v) is 4.58. The van der Waals surface area contributed by atoms with Crippen LogP contribution in [0.3, 0.4) is 0 Å². The Hall–Kier alpha value is -1.49. The summed E-state index contributed by atoms with van der Waals surface area (Å²) in [6, 6.07) is 3.48. The SMILES string of the molecule is O=C1NN=CC1C(=O)c1cccs1. The zero-order chi connectivity index (χ0) is 9.26. The van der Waals surface area contributed by atoms with Gasteiger partial charge in [0.1, 0.15) is 5.92 Å². The molecule has 0 aliphatic carbocycles. The third-order valence-electron chi connectivity index (χ3n) is 1.73. The summed E-state index contributed by atoms with van der Waals surface area (Å²) in [5.41, 5.74) is 2.23. The Labute approximate surface area is 78.3 Å². The fourth-order valence-corrected chi connectivity index (χ4v) is 1.78. The molecule has 0 fully saturated rings. The minimum Gasteiger partial charge on any atom is -0.292 e. The molecule has 13 heavy (non-hydrogen) atoms. The Bertz CT molecular complexity index is 370. The van der Waals surface area contributed by atoms with Gasteiger partial charge in [-0.05, 0) is 11.4 Å².